The molecule has 1 spiro atoms. The number of benzene rings is 1. The van der Waals surface area contributed by atoms with Gasteiger partial charge in [-0.25, -0.2) is 0 Å². The molecule has 3 fully saturated rings. The minimum atomic E-state index is -4.63. The predicted molar refractivity (Wildman–Crippen MR) is 147 cm³/mol. The molecule has 11 heteroatoms. The number of pyridine rings is 1. The van der Waals surface area contributed by atoms with E-state index in [0.29, 0.717) is 17.9 Å². The number of aryl methyl sites for hydroxylation is 1. The van der Waals surface area contributed by atoms with Crippen LogP contribution in [0.1, 0.15) is 61.2 Å². The summed E-state index contributed by atoms with van der Waals surface area (Å²) >= 11 is 0. The van der Waals surface area contributed by atoms with Crippen LogP contribution in [0.15, 0.2) is 47.7 Å². The Bertz CT molecular complexity index is 1660. The van der Waals surface area contributed by atoms with Crippen molar-refractivity contribution in [1.82, 2.24) is 29.2 Å². The lowest BCUT2D eigenvalue weighted by atomic mass is 9.63. The van der Waals surface area contributed by atoms with Crippen molar-refractivity contribution in [2.45, 2.75) is 56.7 Å². The highest BCUT2D eigenvalue weighted by molar-refractivity contribution is 5.84. The molecule has 3 aliphatic rings. The molecule has 1 atom stereocenters. The number of ether oxygens (including phenoxy) is 1. The Morgan fingerprint density at radius 2 is 1.98 bits per heavy atom. The zero-order valence-corrected chi connectivity index (χ0v) is 23.0. The predicted octanol–water partition coefficient (Wildman–Crippen LogP) is 4.94. The number of nitrogens with zero attached hydrogens (tertiary/aromatic N) is 5. The Morgan fingerprint density at radius 1 is 1.12 bits per heavy atom. The fourth-order valence-corrected chi connectivity index (χ4v) is 7.27. The van der Waals surface area contributed by atoms with E-state index in [-0.39, 0.29) is 21.7 Å². The number of hydrogen-bond donors (Lipinski definition) is 1. The Morgan fingerprint density at radius 3 is 2.66 bits per heavy atom. The molecule has 2 aliphatic heterocycles. The smallest absolute Gasteiger partial charge is 0.381 e. The molecule has 7 rings (SSSR count). The molecule has 0 unspecified atom stereocenters. The number of fused-ring (bicyclic) bond motifs is 1. The number of alkyl halides is 3. The van der Waals surface area contributed by atoms with Gasteiger partial charge in [-0.1, -0.05) is 18.6 Å². The monoisotopic (exact) mass is 566 g/mol. The second-order valence-electron chi connectivity index (χ2n) is 12.2. The van der Waals surface area contributed by atoms with Crippen molar-refractivity contribution in [2.75, 3.05) is 26.3 Å². The van der Waals surface area contributed by atoms with Crippen LogP contribution in [-0.4, -0.2) is 55.5 Å². The molecule has 1 aromatic carbocycles. The van der Waals surface area contributed by atoms with Gasteiger partial charge in [0.15, 0.2) is 0 Å². The Labute approximate surface area is 235 Å². The number of aromatic nitrogens is 5. The third kappa shape index (κ3) is 4.41. The Balaban J connectivity index is 1.28. The topological polar surface area (TPSA) is 81.0 Å². The van der Waals surface area contributed by atoms with Crippen molar-refractivity contribution in [3.8, 4) is 5.69 Å². The van der Waals surface area contributed by atoms with E-state index in [1.165, 1.54) is 6.07 Å². The highest BCUT2D eigenvalue weighted by atomic mass is 19.4. The molecule has 5 heterocycles. The second kappa shape index (κ2) is 9.55. The summed E-state index contributed by atoms with van der Waals surface area (Å²) in [5, 5.41) is 8.31. The molecule has 0 bridgehead atoms. The van der Waals surface area contributed by atoms with E-state index in [9.17, 15) is 18.0 Å². The zero-order valence-electron chi connectivity index (χ0n) is 23.0. The van der Waals surface area contributed by atoms with Crippen molar-refractivity contribution in [3.63, 3.8) is 0 Å². The van der Waals surface area contributed by atoms with Crippen LogP contribution in [0, 0.1) is 5.41 Å². The molecular formula is C30H33F3N6O2. The maximum atomic E-state index is 14.4. The van der Waals surface area contributed by atoms with Crippen LogP contribution in [0.3, 0.4) is 0 Å². The van der Waals surface area contributed by atoms with Crippen molar-refractivity contribution in [1.29, 1.82) is 0 Å². The van der Waals surface area contributed by atoms with Crippen LogP contribution in [0.5, 0.6) is 0 Å². The van der Waals surface area contributed by atoms with Crippen LogP contribution < -0.4 is 5.56 Å². The number of halogens is 3. The molecule has 1 aliphatic carbocycles. The Hall–Kier alpha value is -3.44. The summed E-state index contributed by atoms with van der Waals surface area (Å²) in [6.45, 7) is 3.67. The van der Waals surface area contributed by atoms with Crippen LogP contribution in [-0.2, 0) is 29.9 Å². The van der Waals surface area contributed by atoms with E-state index in [4.69, 9.17) is 4.74 Å². The van der Waals surface area contributed by atoms with Gasteiger partial charge in [0.25, 0.3) is 5.56 Å². The average Bonchev–Trinajstić information content (AvgIpc) is 3.65. The minimum Gasteiger partial charge on any atom is -0.381 e. The van der Waals surface area contributed by atoms with E-state index >= 15 is 0 Å². The number of piperidine rings is 1. The first-order chi connectivity index (χ1) is 19.7. The number of rotatable bonds is 5. The van der Waals surface area contributed by atoms with Gasteiger partial charge in [-0.15, -0.1) is 10.2 Å². The lowest BCUT2D eigenvalue weighted by Crippen LogP contribution is -2.43. The van der Waals surface area contributed by atoms with Crippen molar-refractivity contribution < 1.29 is 17.9 Å². The molecule has 3 aromatic heterocycles. The van der Waals surface area contributed by atoms with E-state index in [2.05, 4.69) is 20.1 Å². The van der Waals surface area contributed by atoms with Gasteiger partial charge in [-0.05, 0) is 62.4 Å². The van der Waals surface area contributed by atoms with Gasteiger partial charge < -0.3 is 14.3 Å². The zero-order chi connectivity index (χ0) is 28.4. The lowest BCUT2D eigenvalue weighted by Gasteiger charge is -2.41. The summed E-state index contributed by atoms with van der Waals surface area (Å²) in [6.07, 6.45) is 3.84. The van der Waals surface area contributed by atoms with Gasteiger partial charge in [0, 0.05) is 55.1 Å². The van der Waals surface area contributed by atoms with Crippen molar-refractivity contribution in [3.05, 3.63) is 75.9 Å². The standard InChI is InChI=1S/C30H33F3N6O2/c1-37-19-34-36-27(37)29(8-3-9-29)20-5-2-6-22(13-20)39-16-24(30(31,32)33)23-14-21(35-25(23)26(39)40)15-38-11-4-7-28(17-38)10-12-41-18-28/h2,5-6,13-14,16,19,35H,3-4,7-12,15,17-18H2,1H3/t28-/m1/s1. The van der Waals surface area contributed by atoms with Crippen LogP contribution >= 0.6 is 0 Å². The number of hydrogen-bond acceptors (Lipinski definition) is 5. The first-order valence-corrected chi connectivity index (χ1v) is 14.3. The second-order valence-corrected chi connectivity index (χ2v) is 12.2. The fourth-order valence-electron chi connectivity index (χ4n) is 7.27. The lowest BCUT2D eigenvalue weighted by molar-refractivity contribution is -0.136. The molecule has 0 radical (unpaired) electrons. The summed E-state index contributed by atoms with van der Waals surface area (Å²) in [4.78, 5) is 19.1. The molecule has 2 saturated heterocycles. The normalized spacial score (nSPS) is 22.9. The van der Waals surface area contributed by atoms with E-state index in [1.807, 2.05) is 23.7 Å². The highest BCUT2D eigenvalue weighted by Gasteiger charge is 2.44. The van der Waals surface area contributed by atoms with E-state index in [0.717, 1.165) is 87.0 Å². The minimum absolute atomic E-state index is 0.0252. The number of nitrogens with one attached hydrogen (secondary N) is 1. The van der Waals surface area contributed by atoms with Gasteiger partial charge in [0.1, 0.15) is 17.7 Å². The van der Waals surface area contributed by atoms with Crippen molar-refractivity contribution in [2.24, 2.45) is 12.5 Å². The van der Waals surface area contributed by atoms with Crippen LogP contribution in [0.2, 0.25) is 0 Å². The maximum Gasteiger partial charge on any atom is 0.418 e. The number of likely N-dealkylation sites (tertiary alicyclic amines) is 1. The molecule has 41 heavy (non-hydrogen) atoms. The first-order valence-electron chi connectivity index (χ1n) is 14.3. The van der Waals surface area contributed by atoms with Crippen LogP contribution in [0.4, 0.5) is 13.2 Å². The summed E-state index contributed by atoms with van der Waals surface area (Å²) in [5.41, 5.74) is 0.315. The van der Waals surface area contributed by atoms with E-state index < -0.39 is 17.3 Å². The summed E-state index contributed by atoms with van der Waals surface area (Å²) in [6, 6.07) is 8.76. The van der Waals surface area contributed by atoms with Crippen molar-refractivity contribution >= 4 is 10.9 Å². The van der Waals surface area contributed by atoms with E-state index in [1.54, 1.807) is 18.5 Å². The first kappa shape index (κ1) is 26.5. The van der Waals surface area contributed by atoms with Gasteiger partial charge in [0.05, 0.1) is 17.6 Å². The molecular weight excluding hydrogens is 533 g/mol. The quantitative estimate of drug-likeness (QED) is 0.370. The molecule has 4 aromatic rings. The Kier molecular flexibility index (Phi) is 6.17. The van der Waals surface area contributed by atoms with Crippen LogP contribution in [0.25, 0.3) is 16.6 Å². The summed E-state index contributed by atoms with van der Waals surface area (Å²) in [5.74, 6) is 0.817. The average molecular weight is 567 g/mol. The third-order valence-electron chi connectivity index (χ3n) is 9.50. The molecule has 216 valence electrons. The van der Waals surface area contributed by atoms with Gasteiger partial charge in [0.2, 0.25) is 0 Å². The highest BCUT2D eigenvalue weighted by Crippen LogP contribution is 2.48. The summed E-state index contributed by atoms with van der Waals surface area (Å²) < 4.78 is 51.9. The summed E-state index contributed by atoms with van der Waals surface area (Å²) in [7, 11) is 1.89. The number of H-pyrrole nitrogens is 1. The van der Waals surface area contributed by atoms with Gasteiger partial charge >= 0.3 is 6.18 Å². The maximum absolute atomic E-state index is 14.4. The largest absolute Gasteiger partial charge is 0.418 e. The third-order valence-corrected chi connectivity index (χ3v) is 9.50. The molecule has 1 N–H and O–H groups in total. The molecule has 1 saturated carbocycles. The SMILES string of the molecule is Cn1cnnc1C1(c2cccc(-n3cc(C(F)(F)F)c4cc(CN5CCC[C@@]6(CCOC6)C5)[nH]c4c3=O)c2)CCC1. The number of aromatic amines is 1. The molecule has 8 nitrogen and oxygen atoms in total. The fraction of sp³-hybridized carbons (Fsp3) is 0.500. The van der Waals surface area contributed by atoms with Gasteiger partial charge in [-0.3, -0.25) is 14.3 Å². The van der Waals surface area contributed by atoms with Gasteiger partial charge in [-0.2, -0.15) is 13.2 Å². The molecule has 0 amide bonds.